The number of carbonyl (C=O) groups is 1. The maximum absolute atomic E-state index is 13.1. The summed E-state index contributed by atoms with van der Waals surface area (Å²) >= 11 is 6.23. The smallest absolute Gasteiger partial charge is 0.263 e. The Morgan fingerprint density at radius 2 is 1.68 bits per heavy atom. The molecular formula is C27H29ClN2O3S. The van der Waals surface area contributed by atoms with E-state index in [9.17, 15) is 13.2 Å². The monoisotopic (exact) mass is 496 g/mol. The topological polar surface area (TPSA) is 75.3 Å². The van der Waals surface area contributed by atoms with Crippen molar-refractivity contribution in [2.24, 2.45) is 0 Å². The molecule has 1 aliphatic rings. The second kappa shape index (κ2) is 9.80. The van der Waals surface area contributed by atoms with Crippen LogP contribution in [-0.2, 0) is 22.9 Å². The van der Waals surface area contributed by atoms with Crippen molar-refractivity contribution in [2.75, 3.05) is 4.72 Å². The maximum atomic E-state index is 13.1. The van der Waals surface area contributed by atoms with Crippen LogP contribution < -0.4 is 10.0 Å². The fraction of sp³-hybridized carbons (Fsp3) is 0.296. The van der Waals surface area contributed by atoms with Crippen LogP contribution in [0.1, 0.15) is 64.0 Å². The largest absolute Gasteiger partial charge is 0.346 e. The first-order valence-corrected chi connectivity index (χ1v) is 13.3. The second-order valence-electron chi connectivity index (χ2n) is 9.00. The molecule has 2 N–H and O–H groups in total. The number of benzene rings is 3. The van der Waals surface area contributed by atoms with Crippen LogP contribution in [0, 0.1) is 13.8 Å². The number of rotatable bonds is 6. The summed E-state index contributed by atoms with van der Waals surface area (Å²) in [5.41, 5.74) is 6.30. The standard InChI is InChI=1S/C27H29ClN2O3S/c1-17-8-13-25(18(2)14-17)30-34(32,33)26-16-23(11-12-24(26)28)27(31)29-19(3)21-10-9-20-6-4-5-7-22(20)15-21/h8-16,19,30H,4-7H2,1-3H3,(H,29,31)/t19-/m0/s1. The number of nitrogens with one attached hydrogen (secondary N) is 2. The minimum atomic E-state index is -3.99. The van der Waals surface area contributed by atoms with Crippen molar-refractivity contribution in [1.82, 2.24) is 5.32 Å². The van der Waals surface area contributed by atoms with Crippen LogP contribution in [0.15, 0.2) is 59.5 Å². The molecule has 0 aliphatic heterocycles. The van der Waals surface area contributed by atoms with Gasteiger partial charge in [-0.05, 0) is 93.0 Å². The van der Waals surface area contributed by atoms with E-state index in [-0.39, 0.29) is 27.4 Å². The molecular weight excluding hydrogens is 468 g/mol. The summed E-state index contributed by atoms with van der Waals surface area (Å²) in [5.74, 6) is -0.357. The lowest BCUT2D eigenvalue weighted by Crippen LogP contribution is -2.27. The second-order valence-corrected chi connectivity index (χ2v) is 11.1. The highest BCUT2D eigenvalue weighted by atomic mass is 35.5. The average molecular weight is 497 g/mol. The molecule has 7 heteroatoms. The zero-order valence-electron chi connectivity index (χ0n) is 19.6. The lowest BCUT2D eigenvalue weighted by molar-refractivity contribution is 0.0939. The van der Waals surface area contributed by atoms with Crippen molar-refractivity contribution in [3.63, 3.8) is 0 Å². The Morgan fingerprint density at radius 3 is 2.41 bits per heavy atom. The van der Waals surface area contributed by atoms with Gasteiger partial charge >= 0.3 is 0 Å². The van der Waals surface area contributed by atoms with Gasteiger partial charge < -0.3 is 5.32 Å². The van der Waals surface area contributed by atoms with Crippen LogP contribution in [0.25, 0.3) is 0 Å². The van der Waals surface area contributed by atoms with Crippen LogP contribution in [0.4, 0.5) is 5.69 Å². The molecule has 0 unspecified atom stereocenters. The Balaban J connectivity index is 1.54. The number of carbonyl (C=O) groups excluding carboxylic acids is 1. The van der Waals surface area contributed by atoms with Gasteiger partial charge in [-0.3, -0.25) is 9.52 Å². The number of anilines is 1. The number of halogens is 1. The molecule has 0 spiro atoms. The van der Waals surface area contributed by atoms with Gasteiger partial charge in [0.15, 0.2) is 0 Å². The van der Waals surface area contributed by atoms with E-state index in [4.69, 9.17) is 11.6 Å². The summed E-state index contributed by atoms with van der Waals surface area (Å²) in [7, 11) is -3.99. The molecule has 178 valence electrons. The first kappa shape index (κ1) is 24.3. The van der Waals surface area contributed by atoms with Gasteiger partial charge in [-0.15, -0.1) is 0 Å². The molecule has 1 amide bonds. The van der Waals surface area contributed by atoms with E-state index in [0.29, 0.717) is 5.69 Å². The van der Waals surface area contributed by atoms with Crippen molar-refractivity contribution in [3.8, 4) is 0 Å². The molecule has 0 saturated carbocycles. The van der Waals surface area contributed by atoms with E-state index in [1.165, 1.54) is 42.2 Å². The molecule has 3 aromatic rings. The third-order valence-corrected chi connectivity index (χ3v) is 8.18. The molecule has 0 saturated heterocycles. The van der Waals surface area contributed by atoms with Crippen LogP contribution in [0.5, 0.6) is 0 Å². The fourth-order valence-electron chi connectivity index (χ4n) is 4.36. The minimum Gasteiger partial charge on any atom is -0.346 e. The summed E-state index contributed by atoms with van der Waals surface area (Å²) in [6.45, 7) is 5.70. The maximum Gasteiger partial charge on any atom is 0.263 e. The molecule has 5 nitrogen and oxygen atoms in total. The number of aryl methyl sites for hydroxylation is 4. The molecule has 1 atom stereocenters. The van der Waals surface area contributed by atoms with E-state index >= 15 is 0 Å². The number of sulfonamides is 1. The van der Waals surface area contributed by atoms with E-state index in [1.807, 2.05) is 32.9 Å². The minimum absolute atomic E-state index is 0.0524. The Morgan fingerprint density at radius 1 is 0.941 bits per heavy atom. The number of fused-ring (bicyclic) bond motifs is 1. The highest BCUT2D eigenvalue weighted by Gasteiger charge is 2.22. The Hall–Kier alpha value is -2.83. The average Bonchev–Trinajstić information content (AvgIpc) is 2.80. The summed E-state index contributed by atoms with van der Waals surface area (Å²) in [6.07, 6.45) is 4.58. The first-order chi connectivity index (χ1) is 16.1. The molecule has 0 aromatic heterocycles. The van der Waals surface area contributed by atoms with Gasteiger partial charge in [0.1, 0.15) is 4.90 Å². The summed E-state index contributed by atoms with van der Waals surface area (Å²) in [4.78, 5) is 12.9. The van der Waals surface area contributed by atoms with Crippen molar-refractivity contribution in [3.05, 3.63) is 93.0 Å². The quantitative estimate of drug-likeness (QED) is 0.431. The van der Waals surface area contributed by atoms with E-state index in [2.05, 4.69) is 28.2 Å². The highest BCUT2D eigenvalue weighted by molar-refractivity contribution is 7.92. The third kappa shape index (κ3) is 5.29. The van der Waals surface area contributed by atoms with E-state index in [1.54, 1.807) is 6.07 Å². The molecule has 3 aromatic carbocycles. The molecule has 0 heterocycles. The molecule has 34 heavy (non-hydrogen) atoms. The predicted octanol–water partition coefficient (Wildman–Crippen LogP) is 6.13. The van der Waals surface area contributed by atoms with Crippen molar-refractivity contribution >= 4 is 33.2 Å². The Kier molecular flexibility index (Phi) is 7.01. The molecule has 0 bridgehead atoms. The van der Waals surface area contributed by atoms with Gasteiger partial charge in [-0.1, -0.05) is 47.5 Å². The fourth-order valence-corrected chi connectivity index (χ4v) is 6.02. The van der Waals surface area contributed by atoms with Crippen LogP contribution in [0.3, 0.4) is 0 Å². The zero-order valence-corrected chi connectivity index (χ0v) is 21.2. The normalized spacial score (nSPS) is 14.2. The molecule has 1 aliphatic carbocycles. The molecule has 0 radical (unpaired) electrons. The number of amides is 1. The van der Waals surface area contributed by atoms with Gasteiger partial charge in [-0.2, -0.15) is 0 Å². The summed E-state index contributed by atoms with van der Waals surface area (Å²) in [5, 5.41) is 3.04. The van der Waals surface area contributed by atoms with Gasteiger partial charge in [-0.25, -0.2) is 8.42 Å². The SMILES string of the molecule is Cc1ccc(NS(=O)(=O)c2cc(C(=O)N[C@@H](C)c3ccc4c(c3)CCCC4)ccc2Cl)c(C)c1. The van der Waals surface area contributed by atoms with Crippen LogP contribution >= 0.6 is 11.6 Å². The first-order valence-electron chi connectivity index (χ1n) is 11.5. The van der Waals surface area contributed by atoms with Crippen molar-refractivity contribution < 1.29 is 13.2 Å². The van der Waals surface area contributed by atoms with Gasteiger partial charge in [0, 0.05) is 5.56 Å². The van der Waals surface area contributed by atoms with Gasteiger partial charge in [0.05, 0.1) is 16.8 Å². The van der Waals surface area contributed by atoms with Crippen LogP contribution in [0.2, 0.25) is 5.02 Å². The van der Waals surface area contributed by atoms with E-state index in [0.717, 1.165) is 29.5 Å². The van der Waals surface area contributed by atoms with Gasteiger partial charge in [0.2, 0.25) is 0 Å². The van der Waals surface area contributed by atoms with Crippen molar-refractivity contribution in [2.45, 2.75) is 57.4 Å². The lowest BCUT2D eigenvalue weighted by Gasteiger charge is -2.20. The lowest BCUT2D eigenvalue weighted by atomic mass is 9.89. The summed E-state index contributed by atoms with van der Waals surface area (Å²) < 4.78 is 28.8. The number of hydrogen-bond acceptors (Lipinski definition) is 3. The molecule has 0 fully saturated rings. The van der Waals surface area contributed by atoms with Crippen LogP contribution in [-0.4, -0.2) is 14.3 Å². The molecule has 4 rings (SSSR count). The van der Waals surface area contributed by atoms with E-state index < -0.39 is 10.0 Å². The van der Waals surface area contributed by atoms with Crippen molar-refractivity contribution in [1.29, 1.82) is 0 Å². The Bertz CT molecular complexity index is 1350. The highest BCUT2D eigenvalue weighted by Crippen LogP contribution is 2.28. The predicted molar refractivity (Wildman–Crippen MR) is 137 cm³/mol. The third-order valence-electron chi connectivity index (χ3n) is 6.33. The van der Waals surface area contributed by atoms with Gasteiger partial charge in [0.25, 0.3) is 15.9 Å². The number of hydrogen-bond donors (Lipinski definition) is 2. The summed E-state index contributed by atoms with van der Waals surface area (Å²) in [6, 6.07) is 15.9. The zero-order chi connectivity index (χ0) is 24.5. The Labute approximate surface area is 206 Å².